The van der Waals surface area contributed by atoms with Crippen LogP contribution in [-0.4, -0.2) is 9.38 Å². The Hall–Kier alpha value is -0.150. The van der Waals surface area contributed by atoms with E-state index in [1.54, 1.807) is 22.9 Å². The monoisotopic (exact) mass is 270 g/mol. The molecular weight excluding hydrogens is 266 g/mol. The van der Waals surface area contributed by atoms with Crippen LogP contribution >= 0.6 is 47.2 Å². The molecule has 0 fully saturated rings. The lowest BCUT2D eigenvalue weighted by atomic mass is 10.5. The van der Waals surface area contributed by atoms with Gasteiger partial charge in [-0.25, -0.2) is 4.98 Å². The zero-order valence-electron chi connectivity index (χ0n) is 6.88. The number of alkyl halides is 1. The maximum atomic E-state index is 5.92. The lowest BCUT2D eigenvalue weighted by molar-refractivity contribution is 1.18. The number of aromatic nitrogens is 2. The fourth-order valence-electron chi connectivity index (χ4n) is 1.14. The summed E-state index contributed by atoms with van der Waals surface area (Å²) in [5.74, 6) is 0.371. The summed E-state index contributed by atoms with van der Waals surface area (Å²) in [6, 6.07) is 1.66. The predicted molar refractivity (Wildman–Crippen MR) is 62.0 cm³/mol. The van der Waals surface area contributed by atoms with Gasteiger partial charge in [0.1, 0.15) is 0 Å². The van der Waals surface area contributed by atoms with Crippen LogP contribution in [0.2, 0.25) is 10.0 Å². The van der Waals surface area contributed by atoms with E-state index in [0.717, 1.165) is 5.69 Å². The third kappa shape index (κ3) is 2.09. The van der Waals surface area contributed by atoms with Crippen molar-refractivity contribution in [3.8, 4) is 0 Å². The van der Waals surface area contributed by atoms with E-state index < -0.39 is 0 Å². The summed E-state index contributed by atoms with van der Waals surface area (Å²) in [7, 11) is 0. The summed E-state index contributed by atoms with van der Waals surface area (Å²) in [6.07, 6.45) is 3.55. The van der Waals surface area contributed by atoms with Crippen molar-refractivity contribution in [2.75, 3.05) is 0 Å². The molecule has 0 saturated carbocycles. The van der Waals surface area contributed by atoms with Crippen LogP contribution in [0.1, 0.15) is 5.69 Å². The molecular formula is C8H6Cl4N2. The average molecular weight is 272 g/mol. The summed E-state index contributed by atoms with van der Waals surface area (Å²) >= 11 is 17.4. The van der Waals surface area contributed by atoms with Gasteiger partial charge in [0.25, 0.3) is 0 Å². The highest BCUT2D eigenvalue weighted by Gasteiger charge is 2.05. The Balaban J connectivity index is 0.000000980. The van der Waals surface area contributed by atoms with Gasteiger partial charge in [-0.3, -0.25) is 0 Å². The first kappa shape index (κ1) is 11.9. The Morgan fingerprint density at radius 1 is 1.29 bits per heavy atom. The number of fused-ring (bicyclic) bond motifs is 1. The number of pyridine rings is 1. The highest BCUT2D eigenvalue weighted by molar-refractivity contribution is 6.36. The number of hydrogen-bond donors (Lipinski definition) is 0. The smallest absolute Gasteiger partial charge is 0.155 e. The van der Waals surface area contributed by atoms with E-state index in [1.807, 2.05) is 0 Å². The van der Waals surface area contributed by atoms with Crippen molar-refractivity contribution in [1.82, 2.24) is 9.38 Å². The molecule has 0 aliphatic heterocycles. The first-order valence-electron chi connectivity index (χ1n) is 3.59. The van der Waals surface area contributed by atoms with Crippen molar-refractivity contribution < 1.29 is 0 Å². The largest absolute Gasteiger partial charge is 0.304 e. The third-order valence-corrected chi connectivity index (χ3v) is 2.42. The van der Waals surface area contributed by atoms with Crippen LogP contribution in [0.5, 0.6) is 0 Å². The van der Waals surface area contributed by atoms with E-state index >= 15 is 0 Å². The minimum Gasteiger partial charge on any atom is -0.304 e. The fraction of sp³-hybridized carbons (Fsp3) is 0.125. The first-order valence-corrected chi connectivity index (χ1v) is 4.88. The van der Waals surface area contributed by atoms with Gasteiger partial charge in [0.05, 0.1) is 21.6 Å². The van der Waals surface area contributed by atoms with Gasteiger partial charge in [-0.05, 0) is 6.07 Å². The Kier molecular flexibility index (Phi) is 3.90. The zero-order valence-corrected chi connectivity index (χ0v) is 9.96. The van der Waals surface area contributed by atoms with Crippen LogP contribution in [-0.2, 0) is 5.88 Å². The van der Waals surface area contributed by atoms with E-state index in [0.29, 0.717) is 21.6 Å². The van der Waals surface area contributed by atoms with E-state index in [-0.39, 0.29) is 12.4 Å². The second-order valence-electron chi connectivity index (χ2n) is 2.60. The SMILES string of the molecule is Cl.ClCc1cn2cc(Cl)cc(Cl)c2n1. The van der Waals surface area contributed by atoms with Crippen LogP contribution in [0.15, 0.2) is 18.5 Å². The maximum absolute atomic E-state index is 5.92. The van der Waals surface area contributed by atoms with Gasteiger partial charge in [-0.15, -0.1) is 24.0 Å². The Bertz CT molecular complexity index is 452. The molecule has 2 aromatic heterocycles. The molecule has 0 bridgehead atoms. The van der Waals surface area contributed by atoms with Crippen molar-refractivity contribution in [3.63, 3.8) is 0 Å². The van der Waals surface area contributed by atoms with Crippen molar-refractivity contribution in [2.45, 2.75) is 5.88 Å². The number of halogens is 4. The minimum atomic E-state index is 0. The van der Waals surface area contributed by atoms with E-state index in [9.17, 15) is 0 Å². The quantitative estimate of drug-likeness (QED) is 0.721. The fourth-order valence-corrected chi connectivity index (χ4v) is 1.80. The third-order valence-electron chi connectivity index (χ3n) is 1.66. The molecule has 0 unspecified atom stereocenters. The number of hydrogen-bond acceptors (Lipinski definition) is 1. The van der Waals surface area contributed by atoms with Gasteiger partial charge >= 0.3 is 0 Å². The molecule has 2 aromatic rings. The Morgan fingerprint density at radius 3 is 2.64 bits per heavy atom. The molecule has 0 aromatic carbocycles. The second-order valence-corrected chi connectivity index (χ2v) is 3.71. The van der Waals surface area contributed by atoms with Gasteiger partial charge < -0.3 is 4.40 Å². The summed E-state index contributed by atoms with van der Waals surface area (Å²) < 4.78 is 1.77. The van der Waals surface area contributed by atoms with Crippen LogP contribution < -0.4 is 0 Å². The average Bonchev–Trinajstić information content (AvgIpc) is 2.47. The summed E-state index contributed by atoms with van der Waals surface area (Å²) in [4.78, 5) is 4.21. The Morgan fingerprint density at radius 2 is 2.00 bits per heavy atom. The molecule has 0 radical (unpaired) electrons. The number of nitrogens with zero attached hydrogens (tertiary/aromatic N) is 2. The molecule has 0 spiro atoms. The second kappa shape index (κ2) is 4.58. The lowest BCUT2D eigenvalue weighted by Gasteiger charge is -1.95. The van der Waals surface area contributed by atoms with Gasteiger partial charge in [-0.2, -0.15) is 0 Å². The van der Waals surface area contributed by atoms with Crippen LogP contribution in [0.25, 0.3) is 5.65 Å². The molecule has 6 heteroatoms. The standard InChI is InChI=1S/C8H5Cl3N2.ClH/c9-2-6-4-13-3-5(10)1-7(11)8(13)12-6;/h1,3-4H,2H2;1H. The topological polar surface area (TPSA) is 17.3 Å². The van der Waals surface area contributed by atoms with Crippen LogP contribution in [0, 0.1) is 0 Å². The van der Waals surface area contributed by atoms with E-state index in [4.69, 9.17) is 34.8 Å². The molecule has 2 heterocycles. The van der Waals surface area contributed by atoms with Gasteiger partial charge in [0.15, 0.2) is 5.65 Å². The minimum absolute atomic E-state index is 0. The molecule has 2 nitrogen and oxygen atoms in total. The molecule has 0 aliphatic carbocycles. The molecule has 14 heavy (non-hydrogen) atoms. The van der Waals surface area contributed by atoms with Crippen molar-refractivity contribution >= 4 is 52.9 Å². The van der Waals surface area contributed by atoms with Crippen LogP contribution in [0.3, 0.4) is 0 Å². The zero-order chi connectivity index (χ0) is 9.42. The highest BCUT2D eigenvalue weighted by atomic mass is 35.5. The van der Waals surface area contributed by atoms with E-state index in [1.165, 1.54) is 0 Å². The van der Waals surface area contributed by atoms with Crippen molar-refractivity contribution in [1.29, 1.82) is 0 Å². The predicted octanol–water partition coefficient (Wildman–Crippen LogP) is 3.80. The highest BCUT2D eigenvalue weighted by Crippen LogP contribution is 2.21. The molecule has 0 amide bonds. The molecule has 2 rings (SSSR count). The molecule has 0 N–H and O–H groups in total. The van der Waals surface area contributed by atoms with E-state index in [2.05, 4.69) is 4.98 Å². The van der Waals surface area contributed by atoms with Gasteiger partial charge in [0.2, 0.25) is 0 Å². The molecule has 76 valence electrons. The van der Waals surface area contributed by atoms with Gasteiger partial charge in [0, 0.05) is 12.4 Å². The molecule has 0 saturated heterocycles. The summed E-state index contributed by atoms with van der Waals surface area (Å²) in [5, 5.41) is 1.11. The van der Waals surface area contributed by atoms with Gasteiger partial charge in [-0.1, -0.05) is 23.2 Å². The number of imidazole rings is 1. The summed E-state index contributed by atoms with van der Waals surface area (Å²) in [6.45, 7) is 0. The number of rotatable bonds is 1. The maximum Gasteiger partial charge on any atom is 0.155 e. The molecule has 0 aliphatic rings. The normalized spacial score (nSPS) is 10.2. The lowest BCUT2D eigenvalue weighted by Crippen LogP contribution is -1.82. The van der Waals surface area contributed by atoms with Crippen molar-refractivity contribution in [2.24, 2.45) is 0 Å². The summed E-state index contributed by atoms with van der Waals surface area (Å²) in [5.41, 5.74) is 1.47. The van der Waals surface area contributed by atoms with Crippen molar-refractivity contribution in [3.05, 3.63) is 34.2 Å². The first-order chi connectivity index (χ1) is 6.20. The molecule has 0 atom stereocenters. The Labute approximate surface area is 102 Å². The van der Waals surface area contributed by atoms with Crippen LogP contribution in [0.4, 0.5) is 0 Å².